The number of rotatable bonds is 7. The molecule has 0 atom stereocenters. The first-order valence-electron chi connectivity index (χ1n) is 8.89. The molecule has 4 rings (SSSR count). The van der Waals surface area contributed by atoms with E-state index in [9.17, 15) is 0 Å². The fraction of sp³-hybridized carbons (Fsp3) is 0.350. The Bertz CT molecular complexity index is 872. The molecule has 26 heavy (non-hydrogen) atoms. The normalized spacial score (nSPS) is 19.3. The summed E-state index contributed by atoms with van der Waals surface area (Å²) >= 11 is 6.07. The minimum absolute atomic E-state index is 0.417. The lowest BCUT2D eigenvalue weighted by Gasteiger charge is -2.36. The van der Waals surface area contributed by atoms with Gasteiger partial charge in [-0.05, 0) is 61.7 Å². The van der Waals surface area contributed by atoms with Crippen molar-refractivity contribution in [2.24, 2.45) is 0 Å². The topological polar surface area (TPSA) is 59.3 Å². The van der Waals surface area contributed by atoms with E-state index in [1.807, 2.05) is 30.3 Å². The maximum atomic E-state index is 6.07. The zero-order valence-corrected chi connectivity index (χ0v) is 15.4. The second kappa shape index (κ2) is 7.56. The van der Waals surface area contributed by atoms with Crippen LogP contribution in [0.15, 0.2) is 47.0 Å². The Morgan fingerprint density at radius 3 is 2.73 bits per heavy atom. The highest BCUT2D eigenvalue weighted by atomic mass is 35.5. The first kappa shape index (κ1) is 17.2. The van der Waals surface area contributed by atoms with Crippen molar-refractivity contribution in [3.05, 3.63) is 53.1 Å². The average molecular weight is 372 g/mol. The summed E-state index contributed by atoms with van der Waals surface area (Å²) in [6, 6.07) is 14.8. The molecule has 0 radical (unpaired) electrons. The summed E-state index contributed by atoms with van der Waals surface area (Å²) in [6.45, 7) is 0.978. The molecule has 0 saturated heterocycles. The molecule has 0 bridgehead atoms. The van der Waals surface area contributed by atoms with Crippen molar-refractivity contribution in [2.75, 3.05) is 19.0 Å². The van der Waals surface area contributed by atoms with Gasteiger partial charge in [-0.2, -0.15) is 0 Å². The number of nitrogens with one attached hydrogen (secondary N) is 2. The second-order valence-corrected chi connectivity index (χ2v) is 7.17. The lowest BCUT2D eigenvalue weighted by Crippen LogP contribution is -2.48. The van der Waals surface area contributed by atoms with Gasteiger partial charge in [0, 0.05) is 17.1 Å². The van der Waals surface area contributed by atoms with E-state index in [0.717, 1.165) is 48.3 Å². The second-order valence-electron chi connectivity index (χ2n) is 6.73. The molecule has 6 heteroatoms. The van der Waals surface area contributed by atoms with Gasteiger partial charge in [-0.3, -0.25) is 0 Å². The van der Waals surface area contributed by atoms with Crippen molar-refractivity contribution >= 4 is 28.4 Å². The van der Waals surface area contributed by atoms with Crippen LogP contribution in [-0.4, -0.2) is 30.9 Å². The molecule has 5 nitrogen and oxygen atoms in total. The molecular weight excluding hydrogens is 350 g/mol. The van der Waals surface area contributed by atoms with E-state index >= 15 is 0 Å². The summed E-state index contributed by atoms with van der Waals surface area (Å²) in [5.41, 5.74) is 2.07. The van der Waals surface area contributed by atoms with Gasteiger partial charge in [0.15, 0.2) is 11.4 Å². The van der Waals surface area contributed by atoms with E-state index in [0.29, 0.717) is 17.1 Å². The summed E-state index contributed by atoms with van der Waals surface area (Å²) < 4.78 is 10.5. The standard InChI is InChI=1S/C20H22ClN3O2/c1-25-17-5-2-13(3-6-17)8-9-22-15-11-16(12-15)23-20-18-10-14(21)4-7-19(18)26-24-20/h2-7,10,15-16,22H,8-9,11-12H2,1H3,(H,23,24). The lowest BCUT2D eigenvalue weighted by atomic mass is 9.86. The predicted molar refractivity (Wildman–Crippen MR) is 104 cm³/mol. The number of anilines is 1. The summed E-state index contributed by atoms with van der Waals surface area (Å²) in [6.07, 6.45) is 3.18. The van der Waals surface area contributed by atoms with E-state index in [2.05, 4.69) is 27.9 Å². The molecule has 136 valence electrons. The average Bonchev–Trinajstić information content (AvgIpc) is 3.02. The number of aromatic nitrogens is 1. The number of hydrogen-bond donors (Lipinski definition) is 2. The van der Waals surface area contributed by atoms with Crippen LogP contribution in [0, 0.1) is 0 Å². The number of methoxy groups -OCH3 is 1. The van der Waals surface area contributed by atoms with Crippen molar-refractivity contribution in [1.29, 1.82) is 0 Å². The molecule has 1 aliphatic rings. The maximum absolute atomic E-state index is 6.07. The molecule has 1 fully saturated rings. The first-order chi connectivity index (χ1) is 12.7. The van der Waals surface area contributed by atoms with Gasteiger partial charge < -0.3 is 19.9 Å². The summed E-state index contributed by atoms with van der Waals surface area (Å²) in [4.78, 5) is 0. The molecule has 1 saturated carbocycles. The minimum atomic E-state index is 0.417. The Morgan fingerprint density at radius 1 is 1.15 bits per heavy atom. The Hall–Kier alpha value is -2.24. The van der Waals surface area contributed by atoms with Gasteiger partial charge in [0.05, 0.1) is 12.5 Å². The van der Waals surface area contributed by atoms with Gasteiger partial charge >= 0.3 is 0 Å². The van der Waals surface area contributed by atoms with Crippen molar-refractivity contribution in [3.8, 4) is 5.75 Å². The predicted octanol–water partition coefficient (Wildman–Crippen LogP) is 4.27. The molecular formula is C20H22ClN3O2. The van der Waals surface area contributed by atoms with Crippen LogP contribution in [0.25, 0.3) is 11.0 Å². The van der Waals surface area contributed by atoms with Gasteiger partial charge in [0.2, 0.25) is 0 Å². The maximum Gasteiger partial charge on any atom is 0.177 e. The van der Waals surface area contributed by atoms with Crippen LogP contribution >= 0.6 is 11.6 Å². The van der Waals surface area contributed by atoms with Gasteiger partial charge in [-0.25, -0.2) is 0 Å². The van der Waals surface area contributed by atoms with Crippen LogP contribution in [0.5, 0.6) is 5.75 Å². The quantitative estimate of drug-likeness (QED) is 0.649. The highest BCUT2D eigenvalue weighted by Crippen LogP contribution is 2.30. The molecule has 1 aliphatic carbocycles. The molecule has 1 heterocycles. The summed E-state index contributed by atoms with van der Waals surface area (Å²) in [5, 5.41) is 12.8. The van der Waals surface area contributed by atoms with E-state index in [1.165, 1.54) is 5.56 Å². The van der Waals surface area contributed by atoms with Crippen molar-refractivity contribution < 1.29 is 9.26 Å². The fourth-order valence-corrected chi connectivity index (χ4v) is 3.50. The Kier molecular flexibility index (Phi) is 5.00. The smallest absolute Gasteiger partial charge is 0.177 e. The first-order valence-corrected chi connectivity index (χ1v) is 9.27. The number of benzene rings is 2. The highest BCUT2D eigenvalue weighted by Gasteiger charge is 2.29. The van der Waals surface area contributed by atoms with Crippen molar-refractivity contribution in [3.63, 3.8) is 0 Å². The monoisotopic (exact) mass is 371 g/mol. The number of fused-ring (bicyclic) bond motifs is 1. The number of hydrogen-bond acceptors (Lipinski definition) is 5. The number of halogens is 1. The summed E-state index contributed by atoms with van der Waals surface area (Å²) in [5.74, 6) is 1.68. The lowest BCUT2D eigenvalue weighted by molar-refractivity contribution is 0.309. The highest BCUT2D eigenvalue weighted by molar-refractivity contribution is 6.31. The number of ether oxygens (including phenoxy) is 1. The Balaban J connectivity index is 1.22. The molecule has 3 aromatic rings. The number of nitrogens with zero attached hydrogens (tertiary/aromatic N) is 1. The Labute approximate surface area is 157 Å². The van der Waals surface area contributed by atoms with Crippen LogP contribution in [0.4, 0.5) is 5.82 Å². The van der Waals surface area contributed by atoms with Crippen molar-refractivity contribution in [2.45, 2.75) is 31.3 Å². The summed E-state index contributed by atoms with van der Waals surface area (Å²) in [7, 11) is 1.69. The third-order valence-corrected chi connectivity index (χ3v) is 5.15. The van der Waals surface area contributed by atoms with Crippen molar-refractivity contribution in [1.82, 2.24) is 10.5 Å². The van der Waals surface area contributed by atoms with Gasteiger partial charge in [-0.1, -0.05) is 28.9 Å². The zero-order chi connectivity index (χ0) is 17.9. The van der Waals surface area contributed by atoms with E-state index < -0.39 is 0 Å². The molecule has 1 aromatic heterocycles. The molecule has 2 aromatic carbocycles. The van der Waals surface area contributed by atoms with Crippen LogP contribution in [0.3, 0.4) is 0 Å². The third kappa shape index (κ3) is 3.79. The SMILES string of the molecule is COc1ccc(CCNC2CC(Nc3noc4ccc(Cl)cc34)C2)cc1. The van der Waals surface area contributed by atoms with Crippen LogP contribution < -0.4 is 15.4 Å². The van der Waals surface area contributed by atoms with Gasteiger partial charge in [0.1, 0.15) is 5.75 Å². The molecule has 2 N–H and O–H groups in total. The third-order valence-electron chi connectivity index (χ3n) is 4.92. The van der Waals surface area contributed by atoms with Crippen LogP contribution in [0.2, 0.25) is 5.02 Å². The molecule has 0 aliphatic heterocycles. The Morgan fingerprint density at radius 2 is 1.96 bits per heavy atom. The van der Waals surface area contributed by atoms with E-state index in [-0.39, 0.29) is 0 Å². The molecule has 0 unspecified atom stereocenters. The largest absolute Gasteiger partial charge is 0.497 e. The van der Waals surface area contributed by atoms with Crippen LogP contribution in [0.1, 0.15) is 18.4 Å². The fourth-order valence-electron chi connectivity index (χ4n) is 3.32. The zero-order valence-electron chi connectivity index (χ0n) is 14.7. The minimum Gasteiger partial charge on any atom is -0.497 e. The molecule has 0 amide bonds. The van der Waals surface area contributed by atoms with Gasteiger partial charge in [-0.15, -0.1) is 0 Å². The van der Waals surface area contributed by atoms with Gasteiger partial charge in [0.25, 0.3) is 0 Å². The van der Waals surface area contributed by atoms with Crippen LogP contribution in [-0.2, 0) is 6.42 Å². The van der Waals surface area contributed by atoms with E-state index in [4.69, 9.17) is 20.9 Å². The molecule has 0 spiro atoms. The van der Waals surface area contributed by atoms with E-state index in [1.54, 1.807) is 7.11 Å².